The summed E-state index contributed by atoms with van der Waals surface area (Å²) in [6.45, 7) is 5.35. The third-order valence-corrected chi connectivity index (χ3v) is 3.99. The number of benzene rings is 2. The van der Waals surface area contributed by atoms with Crippen molar-refractivity contribution in [1.82, 2.24) is 0 Å². The van der Waals surface area contributed by atoms with Crippen LogP contribution in [0, 0.1) is 6.92 Å². The van der Waals surface area contributed by atoms with Gasteiger partial charge in [-0.3, -0.25) is 9.59 Å². The van der Waals surface area contributed by atoms with Crippen molar-refractivity contribution in [3.8, 4) is 5.75 Å². The highest BCUT2D eigenvalue weighted by molar-refractivity contribution is 6.01. The highest BCUT2D eigenvalue weighted by Crippen LogP contribution is 2.27. The van der Waals surface area contributed by atoms with E-state index in [4.69, 9.17) is 4.74 Å². The smallest absolute Gasteiger partial charge is 0.231 e. The highest BCUT2D eigenvalue weighted by atomic mass is 16.5. The summed E-state index contributed by atoms with van der Waals surface area (Å²) in [5.41, 5.74) is 3.12. The molecule has 0 bridgehead atoms. The van der Waals surface area contributed by atoms with Gasteiger partial charge in [-0.05, 0) is 48.7 Å². The lowest BCUT2D eigenvalue weighted by Gasteiger charge is -2.18. The zero-order valence-corrected chi connectivity index (χ0v) is 15.1. The zero-order chi connectivity index (χ0) is 18.4. The molecule has 2 aromatic rings. The Balaban J connectivity index is 2.24. The molecule has 2 N–H and O–H groups in total. The molecule has 2 aromatic carbocycles. The Hall–Kier alpha value is -2.82. The molecule has 5 nitrogen and oxygen atoms in total. The van der Waals surface area contributed by atoms with Crippen LogP contribution in [0.15, 0.2) is 42.5 Å². The summed E-state index contributed by atoms with van der Waals surface area (Å²) in [6, 6.07) is 13.0. The van der Waals surface area contributed by atoms with Gasteiger partial charge in [0.1, 0.15) is 5.75 Å². The van der Waals surface area contributed by atoms with Crippen molar-refractivity contribution >= 4 is 23.2 Å². The molecule has 2 rings (SSSR count). The van der Waals surface area contributed by atoms with E-state index in [0.29, 0.717) is 17.8 Å². The molecule has 132 valence electrons. The molecule has 0 saturated carbocycles. The van der Waals surface area contributed by atoms with Crippen LogP contribution in [0.5, 0.6) is 5.75 Å². The van der Waals surface area contributed by atoms with E-state index in [1.54, 1.807) is 13.2 Å². The number of aryl methyl sites for hydroxylation is 1. The van der Waals surface area contributed by atoms with Crippen LogP contribution in [0.4, 0.5) is 11.4 Å². The summed E-state index contributed by atoms with van der Waals surface area (Å²) >= 11 is 0. The lowest BCUT2D eigenvalue weighted by Crippen LogP contribution is -2.22. The Morgan fingerprint density at radius 3 is 2.28 bits per heavy atom. The van der Waals surface area contributed by atoms with Crippen molar-refractivity contribution in [2.24, 2.45) is 0 Å². The van der Waals surface area contributed by atoms with Gasteiger partial charge in [-0.1, -0.05) is 25.1 Å². The van der Waals surface area contributed by atoms with Gasteiger partial charge in [0.2, 0.25) is 11.8 Å². The van der Waals surface area contributed by atoms with Crippen LogP contribution in [0.1, 0.15) is 37.3 Å². The highest BCUT2D eigenvalue weighted by Gasteiger charge is 2.20. The normalized spacial score (nSPS) is 11.5. The number of methoxy groups -OCH3 is 1. The van der Waals surface area contributed by atoms with Crippen LogP contribution in [0.2, 0.25) is 0 Å². The van der Waals surface area contributed by atoms with E-state index in [2.05, 4.69) is 10.6 Å². The number of carbonyl (C=O) groups is 2. The van der Waals surface area contributed by atoms with Gasteiger partial charge in [-0.2, -0.15) is 0 Å². The molecule has 1 atom stereocenters. The molecule has 25 heavy (non-hydrogen) atoms. The molecule has 5 heteroatoms. The Kier molecular flexibility index (Phi) is 6.17. The van der Waals surface area contributed by atoms with Gasteiger partial charge in [0.25, 0.3) is 0 Å². The second-order valence-electron chi connectivity index (χ2n) is 5.95. The number of ether oxygens (including phenoxy) is 1. The fourth-order valence-corrected chi connectivity index (χ4v) is 2.69. The molecule has 0 saturated heterocycles. The van der Waals surface area contributed by atoms with Crippen LogP contribution in [0.3, 0.4) is 0 Å². The second kappa shape index (κ2) is 8.33. The molecule has 0 unspecified atom stereocenters. The molecular weight excluding hydrogens is 316 g/mol. The first kappa shape index (κ1) is 18.5. The molecule has 0 aliphatic carbocycles. The molecule has 2 amide bonds. The Morgan fingerprint density at radius 1 is 1.04 bits per heavy atom. The number of hydrogen-bond acceptors (Lipinski definition) is 3. The molecule has 0 spiro atoms. The van der Waals surface area contributed by atoms with E-state index in [9.17, 15) is 9.59 Å². The first-order valence-electron chi connectivity index (χ1n) is 8.27. The van der Waals surface area contributed by atoms with E-state index in [1.807, 2.05) is 50.2 Å². The van der Waals surface area contributed by atoms with Crippen LogP contribution in [0.25, 0.3) is 0 Å². The number of hydrogen-bond donors (Lipinski definition) is 2. The average molecular weight is 340 g/mol. The minimum Gasteiger partial charge on any atom is -0.497 e. The van der Waals surface area contributed by atoms with Crippen molar-refractivity contribution in [3.63, 3.8) is 0 Å². The molecule has 0 heterocycles. The van der Waals surface area contributed by atoms with E-state index in [0.717, 1.165) is 16.9 Å². The number of carbonyl (C=O) groups excluding carboxylic acids is 2. The Morgan fingerprint density at radius 2 is 1.72 bits per heavy atom. The van der Waals surface area contributed by atoms with Gasteiger partial charge < -0.3 is 15.4 Å². The number of rotatable bonds is 6. The molecule has 0 aliphatic rings. The molecule has 0 radical (unpaired) electrons. The molecule has 0 aromatic heterocycles. The van der Waals surface area contributed by atoms with Crippen LogP contribution >= 0.6 is 0 Å². The van der Waals surface area contributed by atoms with Gasteiger partial charge in [-0.25, -0.2) is 0 Å². The summed E-state index contributed by atoms with van der Waals surface area (Å²) in [7, 11) is 1.61. The SMILES string of the molecule is CC[C@H](C(=O)Nc1cc(C)ccc1NC(C)=O)c1ccc(OC)cc1. The van der Waals surface area contributed by atoms with Crippen molar-refractivity contribution in [1.29, 1.82) is 0 Å². The second-order valence-corrected chi connectivity index (χ2v) is 5.95. The Labute approximate surface area is 148 Å². The summed E-state index contributed by atoms with van der Waals surface area (Å²) in [4.78, 5) is 24.2. The van der Waals surface area contributed by atoms with E-state index >= 15 is 0 Å². The molecule has 0 fully saturated rings. The topological polar surface area (TPSA) is 67.4 Å². The number of nitrogens with one attached hydrogen (secondary N) is 2. The van der Waals surface area contributed by atoms with Crippen LogP contribution in [-0.2, 0) is 9.59 Å². The lowest BCUT2D eigenvalue weighted by atomic mass is 9.95. The predicted octanol–water partition coefficient (Wildman–Crippen LogP) is 4.09. The summed E-state index contributed by atoms with van der Waals surface area (Å²) in [5.74, 6) is 0.189. The third kappa shape index (κ3) is 4.83. The third-order valence-electron chi connectivity index (χ3n) is 3.99. The quantitative estimate of drug-likeness (QED) is 0.832. The maximum Gasteiger partial charge on any atom is 0.231 e. The maximum atomic E-state index is 12.8. The van der Waals surface area contributed by atoms with Crippen molar-refractivity contribution in [2.45, 2.75) is 33.1 Å². The average Bonchev–Trinajstić information content (AvgIpc) is 2.58. The minimum absolute atomic E-state index is 0.107. The van der Waals surface area contributed by atoms with Gasteiger partial charge in [0, 0.05) is 6.92 Å². The van der Waals surface area contributed by atoms with E-state index in [-0.39, 0.29) is 17.7 Å². The van der Waals surface area contributed by atoms with Gasteiger partial charge in [0.15, 0.2) is 0 Å². The van der Waals surface area contributed by atoms with Crippen molar-refractivity contribution in [2.75, 3.05) is 17.7 Å². The molecular formula is C20H24N2O3. The number of amides is 2. The fourth-order valence-electron chi connectivity index (χ4n) is 2.69. The molecule has 0 aliphatic heterocycles. The first-order chi connectivity index (χ1) is 11.9. The van der Waals surface area contributed by atoms with Crippen molar-refractivity contribution in [3.05, 3.63) is 53.6 Å². The standard InChI is InChI=1S/C20H24N2O3/c1-5-17(15-7-9-16(25-4)10-8-15)20(24)22-19-12-13(2)6-11-18(19)21-14(3)23/h6-12,17H,5H2,1-4H3,(H,21,23)(H,22,24)/t17-/m0/s1. The Bertz CT molecular complexity index is 754. The first-order valence-corrected chi connectivity index (χ1v) is 8.27. The fraction of sp³-hybridized carbons (Fsp3) is 0.300. The lowest BCUT2D eigenvalue weighted by molar-refractivity contribution is -0.117. The van der Waals surface area contributed by atoms with Crippen molar-refractivity contribution < 1.29 is 14.3 Å². The van der Waals surface area contributed by atoms with Crippen LogP contribution in [-0.4, -0.2) is 18.9 Å². The number of anilines is 2. The van der Waals surface area contributed by atoms with Gasteiger partial charge >= 0.3 is 0 Å². The minimum atomic E-state index is -0.281. The van der Waals surface area contributed by atoms with E-state index < -0.39 is 0 Å². The summed E-state index contributed by atoms with van der Waals surface area (Å²) in [5, 5.41) is 5.70. The zero-order valence-electron chi connectivity index (χ0n) is 15.1. The van der Waals surface area contributed by atoms with Gasteiger partial charge in [0.05, 0.1) is 24.4 Å². The largest absolute Gasteiger partial charge is 0.497 e. The van der Waals surface area contributed by atoms with Gasteiger partial charge in [-0.15, -0.1) is 0 Å². The summed E-state index contributed by atoms with van der Waals surface area (Å²) in [6.07, 6.45) is 0.666. The van der Waals surface area contributed by atoms with E-state index in [1.165, 1.54) is 6.92 Å². The predicted molar refractivity (Wildman–Crippen MR) is 100 cm³/mol. The maximum absolute atomic E-state index is 12.8. The summed E-state index contributed by atoms with van der Waals surface area (Å²) < 4.78 is 5.16. The van der Waals surface area contributed by atoms with Crippen LogP contribution < -0.4 is 15.4 Å². The monoisotopic (exact) mass is 340 g/mol.